The van der Waals surface area contributed by atoms with Crippen LogP contribution in [0.1, 0.15) is 48.4 Å². The van der Waals surface area contributed by atoms with Crippen molar-refractivity contribution in [1.29, 1.82) is 0 Å². The van der Waals surface area contributed by atoms with E-state index in [2.05, 4.69) is 6.92 Å². The molecule has 1 atom stereocenters. The fraction of sp³-hybridized carbons (Fsp3) is 0.385. The molecular formula is C26H26F3NO6. The number of phenols is 1. The number of ether oxygens (including phenoxy) is 2. The molecule has 7 nitrogen and oxygen atoms in total. The first-order valence-electron chi connectivity index (χ1n) is 11.6. The molecule has 2 aromatic carbocycles. The van der Waals surface area contributed by atoms with Crippen LogP contribution in [-0.2, 0) is 17.5 Å². The number of hydrogen-bond donors (Lipinski definition) is 1. The molecule has 10 heteroatoms. The molecule has 0 spiro atoms. The van der Waals surface area contributed by atoms with Crippen LogP contribution in [0.3, 0.4) is 0 Å². The van der Waals surface area contributed by atoms with Gasteiger partial charge in [-0.1, -0.05) is 6.92 Å². The molecule has 3 aromatic rings. The SMILES string of the molecule is CCOC(=O)c1ccc(Oc2c(C(F)(F)F)oc3c(CN4CCC[C@@H](C)C4)c(O)ccc3c2=O)cc1. The fourth-order valence-electron chi connectivity index (χ4n) is 4.36. The maximum Gasteiger partial charge on any atom is 0.453 e. The Hall–Kier alpha value is -3.53. The van der Waals surface area contributed by atoms with Crippen LogP contribution in [0.5, 0.6) is 17.2 Å². The number of aromatic hydroxyl groups is 1. The Morgan fingerprint density at radius 1 is 1.19 bits per heavy atom. The van der Waals surface area contributed by atoms with Crippen LogP contribution in [-0.4, -0.2) is 35.7 Å². The van der Waals surface area contributed by atoms with E-state index in [1.54, 1.807) is 6.92 Å². The van der Waals surface area contributed by atoms with Gasteiger partial charge in [0, 0.05) is 13.1 Å². The van der Waals surface area contributed by atoms with E-state index in [-0.39, 0.29) is 46.7 Å². The van der Waals surface area contributed by atoms with Gasteiger partial charge in [0.1, 0.15) is 17.1 Å². The van der Waals surface area contributed by atoms with Crippen molar-refractivity contribution in [1.82, 2.24) is 4.90 Å². The summed E-state index contributed by atoms with van der Waals surface area (Å²) in [5, 5.41) is 10.3. The summed E-state index contributed by atoms with van der Waals surface area (Å²) in [5.74, 6) is -3.17. The first kappa shape index (κ1) is 25.6. The minimum atomic E-state index is -5.05. The van der Waals surface area contributed by atoms with Crippen molar-refractivity contribution in [2.75, 3.05) is 19.7 Å². The molecule has 1 aliphatic heterocycles. The highest BCUT2D eigenvalue weighted by Gasteiger charge is 2.41. The number of esters is 1. The Labute approximate surface area is 205 Å². The number of carbonyl (C=O) groups is 1. The number of halogens is 3. The van der Waals surface area contributed by atoms with Crippen molar-refractivity contribution in [3.8, 4) is 17.2 Å². The maximum atomic E-state index is 14.0. The van der Waals surface area contributed by atoms with Crippen molar-refractivity contribution >= 4 is 16.9 Å². The van der Waals surface area contributed by atoms with Crippen molar-refractivity contribution < 1.29 is 37.0 Å². The highest BCUT2D eigenvalue weighted by Crippen LogP contribution is 2.40. The number of carbonyl (C=O) groups excluding carboxylic acids is 1. The molecule has 0 saturated carbocycles. The molecule has 4 rings (SSSR count). The monoisotopic (exact) mass is 505 g/mol. The second kappa shape index (κ2) is 10.2. The molecule has 0 unspecified atom stereocenters. The summed E-state index contributed by atoms with van der Waals surface area (Å²) >= 11 is 0. The number of likely N-dealkylation sites (tertiary alicyclic amines) is 1. The van der Waals surface area contributed by atoms with Crippen LogP contribution in [0.15, 0.2) is 45.6 Å². The maximum absolute atomic E-state index is 14.0. The highest BCUT2D eigenvalue weighted by atomic mass is 19.4. The second-order valence-electron chi connectivity index (χ2n) is 8.86. The largest absolute Gasteiger partial charge is 0.507 e. The molecule has 1 N–H and O–H groups in total. The van der Waals surface area contributed by atoms with E-state index in [0.29, 0.717) is 5.92 Å². The molecule has 1 fully saturated rings. The molecule has 0 amide bonds. The lowest BCUT2D eigenvalue weighted by atomic mass is 9.99. The van der Waals surface area contributed by atoms with Gasteiger partial charge < -0.3 is 19.0 Å². The van der Waals surface area contributed by atoms with Gasteiger partial charge in [-0.25, -0.2) is 4.79 Å². The summed E-state index contributed by atoms with van der Waals surface area (Å²) in [6.45, 7) is 5.47. The lowest BCUT2D eigenvalue weighted by Gasteiger charge is -2.31. The van der Waals surface area contributed by atoms with Crippen molar-refractivity contribution in [2.24, 2.45) is 5.92 Å². The molecule has 1 saturated heterocycles. The van der Waals surface area contributed by atoms with E-state index in [1.807, 2.05) is 4.90 Å². The standard InChI is InChI=1S/C26H26F3NO6/c1-3-34-25(33)16-6-8-17(9-7-16)35-23-21(32)18-10-11-20(31)19(14-30-12-4-5-15(2)13-30)22(18)36-24(23)26(27,28)29/h6-11,15,31H,3-5,12-14H2,1-2H3/t15-/m1/s1. The Kier molecular flexibility index (Phi) is 7.26. The van der Waals surface area contributed by atoms with Gasteiger partial charge in [0.25, 0.3) is 5.76 Å². The summed E-state index contributed by atoms with van der Waals surface area (Å²) in [6, 6.07) is 7.65. The Bertz CT molecular complexity index is 1320. The number of alkyl halides is 3. The third-order valence-corrected chi connectivity index (χ3v) is 6.06. The minimum absolute atomic E-state index is 0.0958. The summed E-state index contributed by atoms with van der Waals surface area (Å²) in [6.07, 6.45) is -3.07. The van der Waals surface area contributed by atoms with Gasteiger partial charge in [0.15, 0.2) is 0 Å². The Morgan fingerprint density at radius 3 is 2.56 bits per heavy atom. The zero-order chi connectivity index (χ0) is 26.0. The smallest absolute Gasteiger partial charge is 0.453 e. The van der Waals surface area contributed by atoms with Crippen LogP contribution in [0.2, 0.25) is 0 Å². The van der Waals surface area contributed by atoms with Gasteiger partial charge in [-0.2, -0.15) is 13.2 Å². The quantitative estimate of drug-likeness (QED) is 0.429. The predicted molar refractivity (Wildman–Crippen MR) is 125 cm³/mol. The third kappa shape index (κ3) is 5.33. The van der Waals surface area contributed by atoms with Crippen LogP contribution < -0.4 is 10.2 Å². The average Bonchev–Trinajstić information content (AvgIpc) is 2.82. The molecule has 1 aromatic heterocycles. The van der Waals surface area contributed by atoms with E-state index >= 15 is 0 Å². The molecular weight excluding hydrogens is 479 g/mol. The molecule has 192 valence electrons. The average molecular weight is 505 g/mol. The third-order valence-electron chi connectivity index (χ3n) is 6.06. The van der Waals surface area contributed by atoms with E-state index in [9.17, 15) is 27.9 Å². The highest BCUT2D eigenvalue weighted by molar-refractivity contribution is 5.89. The zero-order valence-corrected chi connectivity index (χ0v) is 19.9. The summed E-state index contributed by atoms with van der Waals surface area (Å²) in [7, 11) is 0. The number of hydrogen-bond acceptors (Lipinski definition) is 7. The molecule has 0 radical (unpaired) electrons. The topological polar surface area (TPSA) is 89.2 Å². The van der Waals surface area contributed by atoms with E-state index in [4.69, 9.17) is 13.9 Å². The van der Waals surface area contributed by atoms with Crippen LogP contribution in [0, 0.1) is 5.92 Å². The van der Waals surface area contributed by atoms with Crippen LogP contribution >= 0.6 is 0 Å². The zero-order valence-electron chi connectivity index (χ0n) is 19.9. The molecule has 36 heavy (non-hydrogen) atoms. The van der Waals surface area contributed by atoms with Gasteiger partial charge in [-0.05, 0) is 68.6 Å². The van der Waals surface area contributed by atoms with Gasteiger partial charge in [0.05, 0.1) is 23.1 Å². The van der Waals surface area contributed by atoms with E-state index in [0.717, 1.165) is 25.9 Å². The number of rotatable bonds is 6. The normalized spacial score (nSPS) is 16.8. The number of benzene rings is 2. The van der Waals surface area contributed by atoms with Gasteiger partial charge in [-0.3, -0.25) is 9.69 Å². The van der Waals surface area contributed by atoms with Crippen molar-refractivity contribution in [2.45, 2.75) is 39.4 Å². The predicted octanol–water partition coefficient (Wildman–Crippen LogP) is 5.72. The van der Waals surface area contributed by atoms with Crippen molar-refractivity contribution in [3.05, 3.63) is 63.5 Å². The van der Waals surface area contributed by atoms with Crippen LogP contribution in [0.4, 0.5) is 13.2 Å². The number of fused-ring (bicyclic) bond motifs is 1. The van der Waals surface area contributed by atoms with E-state index in [1.165, 1.54) is 36.4 Å². The molecule has 0 aliphatic carbocycles. The minimum Gasteiger partial charge on any atom is -0.507 e. The molecule has 2 heterocycles. The van der Waals surface area contributed by atoms with Gasteiger partial charge >= 0.3 is 12.1 Å². The first-order chi connectivity index (χ1) is 17.1. The number of nitrogens with zero attached hydrogens (tertiary/aromatic N) is 1. The summed E-state index contributed by atoms with van der Waals surface area (Å²) in [5.41, 5.74) is -1.05. The Balaban J connectivity index is 1.77. The first-order valence-corrected chi connectivity index (χ1v) is 11.6. The van der Waals surface area contributed by atoms with Gasteiger partial charge in [0.2, 0.25) is 11.2 Å². The lowest BCUT2D eigenvalue weighted by molar-refractivity contribution is -0.154. The second-order valence-corrected chi connectivity index (χ2v) is 8.86. The lowest BCUT2D eigenvalue weighted by Crippen LogP contribution is -2.33. The fourth-order valence-corrected chi connectivity index (χ4v) is 4.36. The van der Waals surface area contributed by atoms with Crippen molar-refractivity contribution in [3.63, 3.8) is 0 Å². The summed E-state index contributed by atoms with van der Waals surface area (Å²) in [4.78, 5) is 27.1. The Morgan fingerprint density at radius 2 is 1.92 bits per heavy atom. The number of piperidine rings is 1. The van der Waals surface area contributed by atoms with Crippen LogP contribution in [0.25, 0.3) is 11.0 Å². The molecule has 0 bridgehead atoms. The summed E-state index contributed by atoms with van der Waals surface area (Å²) < 4.78 is 57.5. The van der Waals surface area contributed by atoms with E-state index < -0.39 is 29.1 Å². The van der Waals surface area contributed by atoms with Gasteiger partial charge in [-0.15, -0.1) is 0 Å². The molecule has 1 aliphatic rings. The number of phenolic OH excluding ortho intramolecular Hbond substituents is 1.